The molecule has 0 heterocycles. The van der Waals surface area contributed by atoms with Crippen LogP contribution in [0, 0.1) is 0 Å². The van der Waals surface area contributed by atoms with Gasteiger partial charge in [0.05, 0.1) is 19.3 Å². The second-order valence-electron chi connectivity index (χ2n) is 4.74. The molecule has 0 aromatic heterocycles. The lowest BCUT2D eigenvalue weighted by atomic mass is 10.0. The number of methoxy groups -OCH3 is 1. The largest absolute Gasteiger partial charge is 0.465 e. The van der Waals surface area contributed by atoms with E-state index in [2.05, 4.69) is 4.74 Å². The van der Waals surface area contributed by atoms with Gasteiger partial charge in [-0.05, 0) is 11.6 Å². The van der Waals surface area contributed by atoms with Gasteiger partial charge in [-0.15, -0.1) is 0 Å². The molecule has 0 fully saturated rings. The van der Waals surface area contributed by atoms with E-state index in [1.54, 1.807) is 6.07 Å². The summed E-state index contributed by atoms with van der Waals surface area (Å²) in [5, 5.41) is 0. The minimum atomic E-state index is -1.24. The SMILES string of the molecule is COC(=O)c1c(N)cccc1C(=O)C(Cl)OCc1ccccc1. The summed E-state index contributed by atoms with van der Waals surface area (Å²) in [6, 6.07) is 13.8. The van der Waals surface area contributed by atoms with Crippen molar-refractivity contribution in [2.24, 2.45) is 0 Å². The van der Waals surface area contributed by atoms with Crippen LogP contribution in [0.3, 0.4) is 0 Å². The number of rotatable bonds is 6. The molecule has 0 saturated heterocycles. The van der Waals surface area contributed by atoms with E-state index in [0.29, 0.717) is 0 Å². The number of Topliss-reactive ketones (excluding diaryl/α,β-unsaturated/α-hetero) is 1. The zero-order chi connectivity index (χ0) is 16.8. The molecule has 2 rings (SSSR count). The topological polar surface area (TPSA) is 78.6 Å². The number of carbonyl (C=O) groups is 2. The maximum Gasteiger partial charge on any atom is 0.340 e. The van der Waals surface area contributed by atoms with Crippen molar-refractivity contribution in [2.75, 3.05) is 12.8 Å². The van der Waals surface area contributed by atoms with Crippen LogP contribution in [0.4, 0.5) is 5.69 Å². The lowest BCUT2D eigenvalue weighted by Gasteiger charge is -2.14. The lowest BCUT2D eigenvalue weighted by Crippen LogP contribution is -2.22. The Hall–Kier alpha value is -2.37. The van der Waals surface area contributed by atoms with Gasteiger partial charge in [-0.1, -0.05) is 54.1 Å². The molecule has 2 aromatic rings. The Morgan fingerprint density at radius 2 is 1.83 bits per heavy atom. The normalized spacial score (nSPS) is 11.7. The summed E-state index contributed by atoms with van der Waals surface area (Å²) in [5.41, 5.74) is 5.63. The van der Waals surface area contributed by atoms with Gasteiger partial charge in [-0.25, -0.2) is 4.79 Å². The van der Waals surface area contributed by atoms with E-state index in [1.165, 1.54) is 19.2 Å². The van der Waals surface area contributed by atoms with Crippen molar-refractivity contribution in [3.8, 4) is 0 Å². The molecule has 0 radical (unpaired) electrons. The van der Waals surface area contributed by atoms with Crippen molar-refractivity contribution in [1.82, 2.24) is 0 Å². The third kappa shape index (κ3) is 4.09. The second-order valence-corrected chi connectivity index (χ2v) is 5.13. The van der Waals surface area contributed by atoms with Crippen LogP contribution in [0.15, 0.2) is 48.5 Å². The van der Waals surface area contributed by atoms with Crippen LogP contribution in [-0.4, -0.2) is 24.4 Å². The Labute approximate surface area is 139 Å². The van der Waals surface area contributed by atoms with Gasteiger partial charge in [-0.2, -0.15) is 0 Å². The molecule has 0 amide bonds. The van der Waals surface area contributed by atoms with Crippen molar-refractivity contribution < 1.29 is 19.1 Å². The third-order valence-corrected chi connectivity index (χ3v) is 3.52. The van der Waals surface area contributed by atoms with Crippen molar-refractivity contribution in [1.29, 1.82) is 0 Å². The minimum Gasteiger partial charge on any atom is -0.465 e. The maximum atomic E-state index is 12.4. The Morgan fingerprint density at radius 3 is 2.48 bits per heavy atom. The predicted molar refractivity (Wildman–Crippen MR) is 87.4 cm³/mol. The summed E-state index contributed by atoms with van der Waals surface area (Å²) in [4.78, 5) is 24.3. The quantitative estimate of drug-likeness (QED) is 0.380. The van der Waals surface area contributed by atoms with Crippen LogP contribution < -0.4 is 5.73 Å². The van der Waals surface area contributed by atoms with Gasteiger partial charge in [0.25, 0.3) is 0 Å². The zero-order valence-corrected chi connectivity index (χ0v) is 13.2. The molecule has 1 atom stereocenters. The van der Waals surface area contributed by atoms with E-state index < -0.39 is 17.3 Å². The Kier molecular flexibility index (Phi) is 5.73. The van der Waals surface area contributed by atoms with Gasteiger partial charge in [0.2, 0.25) is 5.78 Å². The summed E-state index contributed by atoms with van der Waals surface area (Å²) in [6.45, 7) is 0.177. The van der Waals surface area contributed by atoms with Crippen LogP contribution in [0.25, 0.3) is 0 Å². The maximum absolute atomic E-state index is 12.4. The average molecular weight is 334 g/mol. The molecular weight excluding hydrogens is 318 g/mol. The number of ether oxygens (including phenoxy) is 2. The average Bonchev–Trinajstić information content (AvgIpc) is 2.59. The van der Waals surface area contributed by atoms with Crippen molar-refractivity contribution in [3.05, 3.63) is 65.2 Å². The second kappa shape index (κ2) is 7.76. The molecule has 0 bridgehead atoms. The Balaban J connectivity index is 2.16. The van der Waals surface area contributed by atoms with E-state index in [9.17, 15) is 9.59 Å². The van der Waals surface area contributed by atoms with Gasteiger partial charge in [-0.3, -0.25) is 4.79 Å². The fourth-order valence-electron chi connectivity index (χ4n) is 2.05. The summed E-state index contributed by atoms with van der Waals surface area (Å²) in [5.74, 6) is -1.24. The Bertz CT molecular complexity index is 703. The van der Waals surface area contributed by atoms with Crippen LogP contribution in [0.2, 0.25) is 0 Å². The number of nitrogen functional groups attached to an aromatic ring is 1. The zero-order valence-electron chi connectivity index (χ0n) is 12.5. The number of hydrogen-bond acceptors (Lipinski definition) is 5. The molecule has 2 N–H and O–H groups in total. The lowest BCUT2D eigenvalue weighted by molar-refractivity contribution is 0.0571. The molecule has 0 aliphatic heterocycles. The van der Waals surface area contributed by atoms with E-state index >= 15 is 0 Å². The molecule has 0 aliphatic carbocycles. The highest BCUT2D eigenvalue weighted by atomic mass is 35.5. The van der Waals surface area contributed by atoms with Crippen molar-refractivity contribution in [2.45, 2.75) is 12.2 Å². The number of esters is 1. The minimum absolute atomic E-state index is 0.00559. The monoisotopic (exact) mass is 333 g/mol. The first-order valence-electron chi connectivity index (χ1n) is 6.85. The number of halogens is 1. The standard InChI is InChI=1S/C17H16ClNO4/c1-22-17(21)14-12(8-5-9-13(14)19)15(20)16(18)23-10-11-6-3-2-4-7-11/h2-9,16H,10,19H2,1H3. The number of ketones is 1. The van der Waals surface area contributed by atoms with E-state index in [-0.39, 0.29) is 23.4 Å². The van der Waals surface area contributed by atoms with Crippen molar-refractivity contribution in [3.63, 3.8) is 0 Å². The number of benzene rings is 2. The van der Waals surface area contributed by atoms with E-state index in [0.717, 1.165) is 5.56 Å². The van der Waals surface area contributed by atoms with Gasteiger partial charge in [0, 0.05) is 11.3 Å². The highest BCUT2D eigenvalue weighted by Gasteiger charge is 2.25. The number of anilines is 1. The molecule has 5 nitrogen and oxygen atoms in total. The molecule has 0 saturated carbocycles. The number of carbonyl (C=O) groups excluding carboxylic acids is 2. The van der Waals surface area contributed by atoms with E-state index in [1.807, 2.05) is 30.3 Å². The number of nitrogens with two attached hydrogens (primary N) is 1. The first-order chi connectivity index (χ1) is 11.0. The van der Waals surface area contributed by atoms with Crippen LogP contribution in [-0.2, 0) is 16.1 Å². The van der Waals surface area contributed by atoms with Crippen LogP contribution in [0.1, 0.15) is 26.3 Å². The summed E-state index contributed by atoms with van der Waals surface area (Å²) in [6.07, 6.45) is 0. The molecule has 1 unspecified atom stereocenters. The summed E-state index contributed by atoms with van der Waals surface area (Å²) >= 11 is 6.02. The van der Waals surface area contributed by atoms with Gasteiger partial charge in [0.1, 0.15) is 0 Å². The first kappa shape index (κ1) is 17.0. The molecule has 23 heavy (non-hydrogen) atoms. The smallest absolute Gasteiger partial charge is 0.340 e. The van der Waals surface area contributed by atoms with Gasteiger partial charge >= 0.3 is 5.97 Å². The Morgan fingerprint density at radius 1 is 1.13 bits per heavy atom. The highest BCUT2D eigenvalue weighted by molar-refractivity contribution is 6.33. The fraction of sp³-hybridized carbons (Fsp3) is 0.176. The number of alkyl halides is 1. The van der Waals surface area contributed by atoms with Crippen LogP contribution >= 0.6 is 11.6 Å². The first-order valence-corrected chi connectivity index (χ1v) is 7.29. The molecule has 0 aliphatic rings. The van der Waals surface area contributed by atoms with Gasteiger partial charge in [0.15, 0.2) is 5.56 Å². The van der Waals surface area contributed by atoms with Crippen molar-refractivity contribution >= 4 is 29.0 Å². The molecule has 0 spiro atoms. The molecular formula is C17H16ClNO4. The van der Waals surface area contributed by atoms with Gasteiger partial charge < -0.3 is 15.2 Å². The highest BCUT2D eigenvalue weighted by Crippen LogP contribution is 2.22. The fourth-order valence-corrected chi connectivity index (χ4v) is 2.23. The predicted octanol–water partition coefficient (Wildman–Crippen LogP) is 3.02. The summed E-state index contributed by atoms with van der Waals surface area (Å²) in [7, 11) is 1.22. The molecule has 6 heteroatoms. The molecule has 120 valence electrons. The summed E-state index contributed by atoms with van der Waals surface area (Å²) < 4.78 is 10.0. The third-order valence-electron chi connectivity index (χ3n) is 3.20. The van der Waals surface area contributed by atoms with Crippen LogP contribution in [0.5, 0.6) is 0 Å². The number of hydrogen-bond donors (Lipinski definition) is 1. The molecule has 2 aromatic carbocycles. The van der Waals surface area contributed by atoms with E-state index in [4.69, 9.17) is 22.1 Å².